The van der Waals surface area contributed by atoms with Gasteiger partial charge in [-0.2, -0.15) is 5.26 Å². The van der Waals surface area contributed by atoms with Crippen molar-refractivity contribution in [3.8, 4) is 6.07 Å². The van der Waals surface area contributed by atoms with Crippen molar-refractivity contribution in [2.45, 2.75) is 18.8 Å². The fourth-order valence-electron chi connectivity index (χ4n) is 1.29. The fourth-order valence-corrected chi connectivity index (χ4v) is 1.54. The molecular formula is C8H7N3OS. The van der Waals surface area contributed by atoms with E-state index < -0.39 is 0 Å². The van der Waals surface area contributed by atoms with Crippen LogP contribution in [-0.2, 0) is 0 Å². The molecule has 2 rings (SSSR count). The molecule has 66 valence electrons. The van der Waals surface area contributed by atoms with Crippen LogP contribution in [0.15, 0.2) is 4.79 Å². The van der Waals surface area contributed by atoms with Crippen molar-refractivity contribution >= 4 is 12.2 Å². The van der Waals surface area contributed by atoms with E-state index in [1.54, 1.807) is 0 Å². The molecule has 0 spiro atoms. The summed E-state index contributed by atoms with van der Waals surface area (Å²) in [5.74, 6) is 0.332. The van der Waals surface area contributed by atoms with E-state index >= 15 is 0 Å². The first-order valence-corrected chi connectivity index (χ1v) is 4.40. The lowest BCUT2D eigenvalue weighted by atomic mass is 10.2. The quantitative estimate of drug-likeness (QED) is 0.658. The van der Waals surface area contributed by atoms with Crippen LogP contribution >= 0.6 is 12.2 Å². The van der Waals surface area contributed by atoms with Crippen molar-refractivity contribution in [3.05, 3.63) is 26.4 Å². The number of aromatic nitrogens is 2. The number of rotatable bonds is 1. The summed E-state index contributed by atoms with van der Waals surface area (Å²) in [6.45, 7) is 0. The highest BCUT2D eigenvalue weighted by atomic mass is 32.1. The van der Waals surface area contributed by atoms with Gasteiger partial charge in [0.05, 0.1) is 0 Å². The Hall–Kier alpha value is -1.41. The molecule has 2 N–H and O–H groups in total. The van der Waals surface area contributed by atoms with Crippen LogP contribution in [0.5, 0.6) is 0 Å². The summed E-state index contributed by atoms with van der Waals surface area (Å²) in [6, 6.07) is 2.01. The summed E-state index contributed by atoms with van der Waals surface area (Å²) in [7, 11) is 0. The Kier molecular flexibility index (Phi) is 1.78. The first-order valence-electron chi connectivity index (χ1n) is 3.99. The van der Waals surface area contributed by atoms with E-state index in [1.165, 1.54) is 0 Å². The average molecular weight is 193 g/mol. The lowest BCUT2D eigenvalue weighted by Crippen LogP contribution is -2.14. The van der Waals surface area contributed by atoms with Gasteiger partial charge in [-0.15, -0.1) is 0 Å². The largest absolute Gasteiger partial charge is 0.324 e. The molecule has 1 aromatic heterocycles. The van der Waals surface area contributed by atoms with Gasteiger partial charge in [0.25, 0.3) is 0 Å². The molecule has 13 heavy (non-hydrogen) atoms. The van der Waals surface area contributed by atoms with Crippen LogP contribution in [0.3, 0.4) is 0 Å². The third-order valence-corrected chi connectivity index (χ3v) is 2.38. The van der Waals surface area contributed by atoms with E-state index in [4.69, 9.17) is 17.5 Å². The van der Waals surface area contributed by atoms with Crippen LogP contribution in [0.2, 0.25) is 0 Å². The monoisotopic (exact) mass is 193 g/mol. The van der Waals surface area contributed by atoms with Gasteiger partial charge >= 0.3 is 5.69 Å². The SMILES string of the molecule is N#Cc1c(C2CC2)[nH]c(=O)[nH]c1=S. The normalized spacial score (nSPS) is 15.3. The number of H-pyrrole nitrogens is 2. The molecule has 0 radical (unpaired) electrons. The number of nitrogens with zero attached hydrogens (tertiary/aromatic N) is 1. The zero-order chi connectivity index (χ0) is 9.42. The first kappa shape index (κ1) is 8.20. The lowest BCUT2D eigenvalue weighted by molar-refractivity contribution is 0.929. The second-order valence-electron chi connectivity index (χ2n) is 3.08. The predicted octanol–water partition coefficient (Wildman–Crippen LogP) is 1.18. The highest BCUT2D eigenvalue weighted by Gasteiger charge is 2.27. The average Bonchev–Trinajstić information content (AvgIpc) is 2.85. The summed E-state index contributed by atoms with van der Waals surface area (Å²) in [4.78, 5) is 16.0. The van der Waals surface area contributed by atoms with E-state index in [0.717, 1.165) is 12.8 Å². The zero-order valence-electron chi connectivity index (χ0n) is 6.76. The highest BCUT2D eigenvalue weighted by molar-refractivity contribution is 7.71. The zero-order valence-corrected chi connectivity index (χ0v) is 7.57. The van der Waals surface area contributed by atoms with Crippen molar-refractivity contribution < 1.29 is 0 Å². The Balaban J connectivity index is 2.72. The number of hydrogen-bond donors (Lipinski definition) is 2. The summed E-state index contributed by atoms with van der Waals surface area (Å²) in [5, 5.41) is 8.81. The molecule has 1 aliphatic carbocycles. The van der Waals surface area contributed by atoms with Crippen molar-refractivity contribution in [2.24, 2.45) is 0 Å². The smallest absolute Gasteiger partial charge is 0.310 e. The van der Waals surface area contributed by atoms with E-state index in [9.17, 15) is 4.79 Å². The maximum absolute atomic E-state index is 11.0. The number of nitriles is 1. The minimum atomic E-state index is -0.328. The van der Waals surface area contributed by atoms with Crippen LogP contribution in [0.25, 0.3) is 0 Å². The summed E-state index contributed by atoms with van der Waals surface area (Å²) >= 11 is 4.88. The molecule has 5 heteroatoms. The van der Waals surface area contributed by atoms with E-state index in [-0.39, 0.29) is 10.3 Å². The summed E-state index contributed by atoms with van der Waals surface area (Å²) < 4.78 is 0.244. The molecule has 0 aliphatic heterocycles. The molecule has 0 amide bonds. The van der Waals surface area contributed by atoms with Gasteiger partial charge in [-0.1, -0.05) is 12.2 Å². The van der Waals surface area contributed by atoms with Crippen LogP contribution in [-0.4, -0.2) is 9.97 Å². The van der Waals surface area contributed by atoms with Crippen molar-refractivity contribution in [1.29, 1.82) is 5.26 Å². The molecule has 4 nitrogen and oxygen atoms in total. The van der Waals surface area contributed by atoms with Gasteiger partial charge in [-0.05, 0) is 12.8 Å². The van der Waals surface area contributed by atoms with Gasteiger partial charge in [0.15, 0.2) is 0 Å². The minimum absolute atomic E-state index is 0.244. The van der Waals surface area contributed by atoms with Crippen LogP contribution in [0.4, 0.5) is 0 Å². The van der Waals surface area contributed by atoms with Gasteiger partial charge < -0.3 is 4.98 Å². The Morgan fingerprint density at radius 1 is 1.46 bits per heavy atom. The number of aromatic amines is 2. The number of nitrogens with one attached hydrogen (secondary N) is 2. The second kappa shape index (κ2) is 2.82. The second-order valence-corrected chi connectivity index (χ2v) is 3.49. The highest BCUT2D eigenvalue weighted by Crippen LogP contribution is 2.39. The number of hydrogen-bond acceptors (Lipinski definition) is 3. The third-order valence-electron chi connectivity index (χ3n) is 2.07. The molecule has 1 aromatic rings. The van der Waals surface area contributed by atoms with E-state index in [0.29, 0.717) is 17.2 Å². The van der Waals surface area contributed by atoms with Gasteiger partial charge in [0.2, 0.25) is 0 Å². The van der Waals surface area contributed by atoms with Crippen molar-refractivity contribution in [2.75, 3.05) is 0 Å². The van der Waals surface area contributed by atoms with Gasteiger partial charge in [0.1, 0.15) is 16.3 Å². The van der Waals surface area contributed by atoms with Crippen molar-refractivity contribution in [3.63, 3.8) is 0 Å². The molecular weight excluding hydrogens is 186 g/mol. The third kappa shape index (κ3) is 1.40. The minimum Gasteiger partial charge on any atom is -0.310 e. The maximum atomic E-state index is 11.0. The molecule has 1 heterocycles. The van der Waals surface area contributed by atoms with Gasteiger partial charge in [0, 0.05) is 11.6 Å². The first-order chi connectivity index (χ1) is 6.22. The molecule has 1 fully saturated rings. The predicted molar refractivity (Wildman–Crippen MR) is 48.9 cm³/mol. The molecule has 1 saturated carbocycles. The van der Waals surface area contributed by atoms with Gasteiger partial charge in [-0.25, -0.2) is 4.79 Å². The van der Waals surface area contributed by atoms with Crippen molar-refractivity contribution in [1.82, 2.24) is 9.97 Å². The molecule has 0 atom stereocenters. The molecule has 0 saturated heterocycles. The molecule has 0 aromatic carbocycles. The topological polar surface area (TPSA) is 72.4 Å². The standard InChI is InChI=1S/C8H7N3OS/c9-3-5-6(4-1-2-4)10-8(12)11-7(5)13/h4H,1-2H2,(H2,10,11,12,13). The summed E-state index contributed by atoms with van der Waals surface area (Å²) in [6.07, 6.45) is 2.06. The Morgan fingerprint density at radius 2 is 2.15 bits per heavy atom. The van der Waals surface area contributed by atoms with Gasteiger partial charge in [-0.3, -0.25) is 4.98 Å². The molecule has 0 unspecified atom stereocenters. The lowest BCUT2D eigenvalue weighted by Gasteiger charge is -1.99. The summed E-state index contributed by atoms with van der Waals surface area (Å²) in [5.41, 5.74) is 0.791. The Morgan fingerprint density at radius 3 is 2.69 bits per heavy atom. The maximum Gasteiger partial charge on any atom is 0.324 e. The van der Waals surface area contributed by atoms with E-state index in [1.807, 2.05) is 6.07 Å². The molecule has 1 aliphatic rings. The Labute approximate surface area is 79.2 Å². The fraction of sp³-hybridized carbons (Fsp3) is 0.375. The molecule has 0 bridgehead atoms. The van der Waals surface area contributed by atoms with Crippen LogP contribution in [0.1, 0.15) is 30.0 Å². The van der Waals surface area contributed by atoms with E-state index in [2.05, 4.69) is 9.97 Å². The van der Waals surface area contributed by atoms with Crippen LogP contribution in [0, 0.1) is 16.0 Å². The van der Waals surface area contributed by atoms with Crippen LogP contribution < -0.4 is 5.69 Å². The Bertz CT molecular complexity index is 489.